The average molecular weight is 210 g/mol. The number of aromatic nitrogens is 2. The first-order valence-corrected chi connectivity index (χ1v) is 4.48. The van der Waals surface area contributed by atoms with Crippen LogP contribution in [0.2, 0.25) is 0 Å². The van der Waals surface area contributed by atoms with E-state index in [0.29, 0.717) is 0 Å². The zero-order valence-electron chi connectivity index (χ0n) is 7.79. The second kappa shape index (κ2) is 3.63. The van der Waals surface area contributed by atoms with Crippen molar-refractivity contribution in [2.24, 2.45) is 0 Å². The molecular formula is C9H10N2O4. The van der Waals surface area contributed by atoms with Crippen LogP contribution in [0.3, 0.4) is 0 Å². The molecule has 0 spiro atoms. The molecule has 1 unspecified atom stereocenters. The minimum absolute atomic E-state index is 0.229. The molecule has 0 saturated carbocycles. The molecule has 15 heavy (non-hydrogen) atoms. The molecular weight excluding hydrogens is 200 g/mol. The Bertz CT molecular complexity index is 454. The first-order chi connectivity index (χ1) is 7.08. The number of rotatable bonds is 1. The summed E-state index contributed by atoms with van der Waals surface area (Å²) in [5.74, 6) is 0. The van der Waals surface area contributed by atoms with Crippen LogP contribution in [0.5, 0.6) is 0 Å². The van der Waals surface area contributed by atoms with Crippen LogP contribution in [0, 0.1) is 6.92 Å². The van der Waals surface area contributed by atoms with Crippen LogP contribution < -0.4 is 11.2 Å². The van der Waals surface area contributed by atoms with Gasteiger partial charge in [-0.2, -0.15) is 0 Å². The van der Waals surface area contributed by atoms with Crippen LogP contribution in [-0.2, 0) is 4.74 Å². The van der Waals surface area contributed by atoms with Crippen LogP contribution in [-0.4, -0.2) is 26.9 Å². The van der Waals surface area contributed by atoms with E-state index < -0.39 is 29.7 Å². The Kier molecular flexibility index (Phi) is 2.45. The quantitative estimate of drug-likeness (QED) is 0.616. The summed E-state index contributed by atoms with van der Waals surface area (Å²) in [4.78, 5) is 24.2. The highest BCUT2D eigenvalue weighted by molar-refractivity contribution is 4.88. The van der Waals surface area contributed by atoms with E-state index in [1.54, 1.807) is 0 Å². The fourth-order valence-electron chi connectivity index (χ4n) is 1.50. The van der Waals surface area contributed by atoms with Crippen LogP contribution in [0.25, 0.3) is 0 Å². The summed E-state index contributed by atoms with van der Waals surface area (Å²) < 4.78 is 6.34. The van der Waals surface area contributed by atoms with Crippen LogP contribution in [0.4, 0.5) is 0 Å². The Hall–Kier alpha value is -1.40. The van der Waals surface area contributed by atoms with Gasteiger partial charge in [-0.25, -0.2) is 4.79 Å². The molecule has 80 valence electrons. The highest BCUT2D eigenvalue weighted by atomic mass is 16.5. The summed E-state index contributed by atoms with van der Waals surface area (Å²) in [5, 5.41) is 9.34. The molecule has 2 heterocycles. The van der Waals surface area contributed by atoms with Gasteiger partial charge in [0.1, 0.15) is 6.23 Å². The van der Waals surface area contributed by atoms with Gasteiger partial charge in [0.15, 0.2) is 0 Å². The van der Waals surface area contributed by atoms with E-state index in [4.69, 9.17) is 11.7 Å². The summed E-state index contributed by atoms with van der Waals surface area (Å²) in [7, 11) is 0. The summed E-state index contributed by atoms with van der Waals surface area (Å²) in [5.41, 5.74) is -1.05. The smallest absolute Gasteiger partial charge is 0.330 e. The molecule has 1 aliphatic rings. The van der Waals surface area contributed by atoms with Crippen molar-refractivity contribution < 1.29 is 9.84 Å². The number of aliphatic hydroxyl groups is 1. The van der Waals surface area contributed by atoms with Gasteiger partial charge in [-0.3, -0.25) is 14.3 Å². The molecule has 0 aromatic carbocycles. The SMILES string of the molecule is [CH][C@H]1O[C@@H](n2ccc(=O)[nH]c2=O)CC1O. The second-order valence-corrected chi connectivity index (χ2v) is 3.38. The summed E-state index contributed by atoms with van der Waals surface area (Å²) in [6.07, 6.45) is -0.675. The number of ether oxygens (including phenoxy) is 1. The summed E-state index contributed by atoms with van der Waals surface area (Å²) in [6.45, 7) is 5.43. The van der Waals surface area contributed by atoms with Gasteiger partial charge < -0.3 is 9.84 Å². The molecule has 6 nitrogen and oxygen atoms in total. The van der Waals surface area contributed by atoms with Crippen molar-refractivity contribution in [3.05, 3.63) is 40.0 Å². The maximum atomic E-state index is 11.3. The van der Waals surface area contributed by atoms with Gasteiger partial charge in [0.2, 0.25) is 0 Å². The Morgan fingerprint density at radius 3 is 2.87 bits per heavy atom. The second-order valence-electron chi connectivity index (χ2n) is 3.38. The molecule has 0 aliphatic carbocycles. The molecule has 2 rings (SSSR count). The minimum Gasteiger partial charge on any atom is -0.390 e. The van der Waals surface area contributed by atoms with Crippen molar-refractivity contribution in [3.8, 4) is 0 Å². The van der Waals surface area contributed by atoms with Gasteiger partial charge in [-0.1, -0.05) is 0 Å². The molecule has 0 amide bonds. The van der Waals surface area contributed by atoms with E-state index >= 15 is 0 Å². The lowest BCUT2D eigenvalue weighted by Crippen LogP contribution is -2.31. The third-order valence-electron chi connectivity index (χ3n) is 2.30. The molecule has 6 heteroatoms. The molecule has 1 saturated heterocycles. The van der Waals surface area contributed by atoms with Crippen molar-refractivity contribution in [2.45, 2.75) is 24.9 Å². The number of aromatic amines is 1. The Balaban J connectivity index is 2.32. The van der Waals surface area contributed by atoms with Gasteiger partial charge in [-0.15, -0.1) is 0 Å². The fraction of sp³-hybridized carbons (Fsp3) is 0.444. The van der Waals surface area contributed by atoms with Crippen LogP contribution in [0.15, 0.2) is 21.9 Å². The Labute approximate surface area is 85.1 Å². The monoisotopic (exact) mass is 210 g/mol. The average Bonchev–Trinajstić information content (AvgIpc) is 2.46. The zero-order chi connectivity index (χ0) is 11.0. The zero-order valence-corrected chi connectivity index (χ0v) is 7.79. The number of hydrogen-bond donors (Lipinski definition) is 2. The van der Waals surface area contributed by atoms with Gasteiger partial charge in [0.05, 0.1) is 12.2 Å². The highest BCUT2D eigenvalue weighted by Gasteiger charge is 2.32. The van der Waals surface area contributed by atoms with E-state index in [-0.39, 0.29) is 6.42 Å². The molecule has 1 aromatic rings. The predicted molar refractivity (Wildman–Crippen MR) is 50.2 cm³/mol. The van der Waals surface area contributed by atoms with Crippen molar-refractivity contribution in [3.63, 3.8) is 0 Å². The number of nitrogens with one attached hydrogen (secondary N) is 1. The highest BCUT2D eigenvalue weighted by Crippen LogP contribution is 2.26. The maximum Gasteiger partial charge on any atom is 0.330 e. The lowest BCUT2D eigenvalue weighted by atomic mass is 10.2. The van der Waals surface area contributed by atoms with Gasteiger partial charge in [0, 0.05) is 18.7 Å². The predicted octanol–water partition coefficient (Wildman–Crippen LogP) is -1.10. The molecule has 1 aromatic heterocycles. The summed E-state index contributed by atoms with van der Waals surface area (Å²) in [6, 6.07) is 1.21. The summed E-state index contributed by atoms with van der Waals surface area (Å²) >= 11 is 0. The van der Waals surface area contributed by atoms with Gasteiger partial charge >= 0.3 is 5.69 Å². The Morgan fingerprint density at radius 2 is 2.33 bits per heavy atom. The topological polar surface area (TPSA) is 84.3 Å². The van der Waals surface area contributed by atoms with Crippen LogP contribution >= 0.6 is 0 Å². The van der Waals surface area contributed by atoms with Crippen LogP contribution in [0.1, 0.15) is 12.6 Å². The van der Waals surface area contributed by atoms with Gasteiger partial charge in [-0.05, 0) is 6.92 Å². The Morgan fingerprint density at radius 1 is 1.60 bits per heavy atom. The van der Waals surface area contributed by atoms with Crippen molar-refractivity contribution >= 4 is 0 Å². The number of H-pyrrole nitrogens is 1. The van der Waals surface area contributed by atoms with E-state index in [2.05, 4.69) is 4.98 Å². The van der Waals surface area contributed by atoms with Crippen molar-refractivity contribution in [1.29, 1.82) is 0 Å². The lowest BCUT2D eigenvalue weighted by Gasteiger charge is -2.12. The molecule has 2 N–H and O–H groups in total. The molecule has 3 atom stereocenters. The first kappa shape index (κ1) is 10.1. The number of aliphatic hydroxyl groups excluding tert-OH is 1. The van der Waals surface area contributed by atoms with Crippen molar-refractivity contribution in [1.82, 2.24) is 9.55 Å². The van der Waals surface area contributed by atoms with Crippen molar-refractivity contribution in [2.75, 3.05) is 0 Å². The minimum atomic E-state index is -0.797. The number of hydrogen-bond acceptors (Lipinski definition) is 4. The van der Waals surface area contributed by atoms with E-state index in [1.165, 1.54) is 16.8 Å². The largest absolute Gasteiger partial charge is 0.390 e. The number of nitrogens with zero attached hydrogens (tertiary/aromatic N) is 1. The van der Waals surface area contributed by atoms with E-state index in [0.717, 1.165) is 0 Å². The van der Waals surface area contributed by atoms with E-state index in [9.17, 15) is 14.7 Å². The third kappa shape index (κ3) is 1.86. The molecule has 2 radical (unpaired) electrons. The lowest BCUT2D eigenvalue weighted by molar-refractivity contribution is 0.00334. The standard InChI is InChI=1S/C9H10N2O4/c1-5-6(12)4-8(15-5)11-3-2-7(13)10-9(11)14/h1-3,5-6,8,12H,4H2,(H,10,13,14)/t5-,6?,8-/m1/s1. The fourth-order valence-corrected chi connectivity index (χ4v) is 1.50. The van der Waals surface area contributed by atoms with Gasteiger partial charge in [0.25, 0.3) is 5.56 Å². The van der Waals surface area contributed by atoms with E-state index in [1.807, 2.05) is 0 Å². The first-order valence-electron chi connectivity index (χ1n) is 4.48. The molecule has 1 fully saturated rings. The maximum absolute atomic E-state index is 11.3. The molecule has 1 aliphatic heterocycles. The third-order valence-corrected chi connectivity index (χ3v) is 2.30. The molecule has 0 bridgehead atoms. The normalized spacial score (nSPS) is 30.7.